The molecule has 0 unspecified atom stereocenters. The summed E-state index contributed by atoms with van der Waals surface area (Å²) >= 11 is 0. The Labute approximate surface area is 128 Å². The molecule has 1 aliphatic carbocycles. The Morgan fingerprint density at radius 2 is 1.55 bits per heavy atom. The molecule has 4 nitrogen and oxygen atoms in total. The highest BCUT2D eigenvalue weighted by atomic mass is 16.6. The molecule has 1 fully saturated rings. The lowest BCUT2D eigenvalue weighted by Crippen LogP contribution is -2.50. The van der Waals surface area contributed by atoms with Crippen LogP contribution in [0.2, 0.25) is 0 Å². The molecule has 0 bridgehead atoms. The Hall–Kier alpha value is -2.62. The SMILES string of the molecule is O=C1CN(C(=O)OCC2c3ccccc3-c3ccccc32)C1. The first-order valence-electron chi connectivity index (χ1n) is 7.35. The summed E-state index contributed by atoms with van der Waals surface area (Å²) < 4.78 is 5.43. The molecule has 0 spiro atoms. The number of benzene rings is 2. The average Bonchev–Trinajstić information content (AvgIpc) is 2.84. The second-order valence-electron chi connectivity index (χ2n) is 5.70. The molecule has 1 heterocycles. The molecule has 0 radical (unpaired) electrons. The van der Waals surface area contributed by atoms with Crippen LogP contribution in [0.5, 0.6) is 0 Å². The number of carbonyl (C=O) groups excluding carboxylic acids is 2. The summed E-state index contributed by atoms with van der Waals surface area (Å²) in [5.74, 6) is 0.141. The zero-order valence-electron chi connectivity index (χ0n) is 12.0. The minimum absolute atomic E-state index is 0.0633. The molecule has 2 aromatic carbocycles. The van der Waals surface area contributed by atoms with Crippen molar-refractivity contribution in [1.82, 2.24) is 4.90 Å². The van der Waals surface area contributed by atoms with Crippen LogP contribution in [-0.4, -0.2) is 36.5 Å². The van der Waals surface area contributed by atoms with Gasteiger partial charge in [-0.2, -0.15) is 0 Å². The molecule has 2 aliphatic rings. The van der Waals surface area contributed by atoms with Gasteiger partial charge in [-0.3, -0.25) is 9.69 Å². The van der Waals surface area contributed by atoms with Gasteiger partial charge in [-0.15, -0.1) is 0 Å². The zero-order chi connectivity index (χ0) is 15.1. The number of carbonyl (C=O) groups is 2. The van der Waals surface area contributed by atoms with Crippen molar-refractivity contribution in [3.8, 4) is 11.1 Å². The molecular formula is C18H15NO3. The van der Waals surface area contributed by atoms with E-state index in [1.165, 1.54) is 27.2 Å². The lowest BCUT2D eigenvalue weighted by Gasteiger charge is -2.28. The van der Waals surface area contributed by atoms with Crippen molar-refractivity contribution in [2.24, 2.45) is 0 Å². The lowest BCUT2D eigenvalue weighted by atomic mass is 9.98. The van der Waals surface area contributed by atoms with Crippen LogP contribution in [0.3, 0.4) is 0 Å². The molecule has 22 heavy (non-hydrogen) atoms. The van der Waals surface area contributed by atoms with Crippen LogP contribution in [0, 0.1) is 0 Å². The molecule has 0 aromatic heterocycles. The van der Waals surface area contributed by atoms with Gasteiger partial charge in [0, 0.05) is 5.92 Å². The molecule has 4 heteroatoms. The summed E-state index contributed by atoms with van der Waals surface area (Å²) in [6, 6.07) is 16.4. The number of amides is 1. The molecule has 0 N–H and O–H groups in total. The Kier molecular flexibility index (Phi) is 2.96. The predicted octanol–water partition coefficient (Wildman–Crippen LogP) is 2.82. The maximum atomic E-state index is 11.9. The van der Waals surface area contributed by atoms with Gasteiger partial charge < -0.3 is 4.74 Å². The van der Waals surface area contributed by atoms with E-state index in [0.29, 0.717) is 6.61 Å². The van der Waals surface area contributed by atoms with Crippen molar-refractivity contribution < 1.29 is 14.3 Å². The van der Waals surface area contributed by atoms with Crippen LogP contribution in [0.25, 0.3) is 11.1 Å². The third-order valence-corrected chi connectivity index (χ3v) is 4.33. The minimum Gasteiger partial charge on any atom is -0.448 e. The summed E-state index contributed by atoms with van der Waals surface area (Å²) in [5.41, 5.74) is 4.80. The maximum absolute atomic E-state index is 11.9. The van der Waals surface area contributed by atoms with E-state index in [4.69, 9.17) is 4.74 Å². The quantitative estimate of drug-likeness (QED) is 0.855. The van der Waals surface area contributed by atoms with Crippen LogP contribution in [0.15, 0.2) is 48.5 Å². The summed E-state index contributed by atoms with van der Waals surface area (Å²) in [5, 5.41) is 0. The summed E-state index contributed by atoms with van der Waals surface area (Å²) in [6.07, 6.45) is -0.401. The predicted molar refractivity (Wildman–Crippen MR) is 81.6 cm³/mol. The molecular weight excluding hydrogens is 278 g/mol. The van der Waals surface area contributed by atoms with E-state index in [-0.39, 0.29) is 24.8 Å². The molecule has 1 amide bonds. The van der Waals surface area contributed by atoms with E-state index in [1.54, 1.807) is 0 Å². The Balaban J connectivity index is 1.56. The maximum Gasteiger partial charge on any atom is 0.410 e. The second kappa shape index (κ2) is 4.98. The number of Topliss-reactive ketones (excluding diaryl/α,β-unsaturated/α-hetero) is 1. The molecule has 1 aliphatic heterocycles. The zero-order valence-corrected chi connectivity index (χ0v) is 12.0. The number of hydrogen-bond acceptors (Lipinski definition) is 3. The van der Waals surface area contributed by atoms with Gasteiger partial charge in [0.15, 0.2) is 5.78 Å². The highest BCUT2D eigenvalue weighted by Gasteiger charge is 2.32. The average molecular weight is 293 g/mol. The van der Waals surface area contributed by atoms with Gasteiger partial charge in [0.05, 0.1) is 13.1 Å². The standard InChI is InChI=1S/C18H15NO3/c20-12-9-19(10-12)18(21)22-11-17-15-7-3-1-5-13(15)14-6-2-4-8-16(14)17/h1-8,17H,9-11H2. The molecule has 110 valence electrons. The fraction of sp³-hybridized carbons (Fsp3) is 0.222. The van der Waals surface area contributed by atoms with Crippen molar-refractivity contribution in [2.75, 3.05) is 19.7 Å². The van der Waals surface area contributed by atoms with Crippen molar-refractivity contribution in [1.29, 1.82) is 0 Å². The summed E-state index contributed by atoms with van der Waals surface area (Å²) in [4.78, 5) is 24.3. The first kappa shape index (κ1) is 13.1. The van der Waals surface area contributed by atoms with Gasteiger partial charge >= 0.3 is 6.09 Å². The van der Waals surface area contributed by atoms with Gasteiger partial charge in [-0.1, -0.05) is 48.5 Å². The second-order valence-corrected chi connectivity index (χ2v) is 5.70. The topological polar surface area (TPSA) is 46.6 Å². The first-order valence-corrected chi connectivity index (χ1v) is 7.35. The van der Waals surface area contributed by atoms with E-state index >= 15 is 0 Å². The van der Waals surface area contributed by atoms with Gasteiger partial charge in [0.2, 0.25) is 0 Å². The van der Waals surface area contributed by atoms with Gasteiger partial charge in [0.1, 0.15) is 6.61 Å². The van der Waals surface area contributed by atoms with Gasteiger partial charge in [0.25, 0.3) is 0 Å². The smallest absolute Gasteiger partial charge is 0.410 e. The van der Waals surface area contributed by atoms with E-state index in [0.717, 1.165) is 0 Å². The van der Waals surface area contributed by atoms with Gasteiger partial charge in [-0.25, -0.2) is 4.79 Å². The minimum atomic E-state index is -0.401. The first-order chi connectivity index (χ1) is 10.7. The largest absolute Gasteiger partial charge is 0.448 e. The number of rotatable bonds is 2. The van der Waals surface area contributed by atoms with Crippen molar-refractivity contribution >= 4 is 11.9 Å². The molecule has 2 aromatic rings. The number of fused-ring (bicyclic) bond motifs is 3. The van der Waals surface area contributed by atoms with Crippen molar-refractivity contribution in [3.05, 3.63) is 59.7 Å². The fourth-order valence-electron chi connectivity index (χ4n) is 3.19. The monoisotopic (exact) mass is 293 g/mol. The number of likely N-dealkylation sites (tertiary alicyclic amines) is 1. The fourth-order valence-corrected chi connectivity index (χ4v) is 3.19. The van der Waals surface area contributed by atoms with Gasteiger partial charge in [-0.05, 0) is 22.3 Å². The lowest BCUT2D eigenvalue weighted by molar-refractivity contribution is -0.127. The summed E-state index contributed by atoms with van der Waals surface area (Å²) in [7, 11) is 0. The number of hydrogen-bond donors (Lipinski definition) is 0. The third-order valence-electron chi connectivity index (χ3n) is 4.33. The Morgan fingerprint density at radius 1 is 1.00 bits per heavy atom. The third kappa shape index (κ3) is 1.99. The number of nitrogens with zero attached hydrogens (tertiary/aromatic N) is 1. The normalized spacial score (nSPS) is 16.0. The van der Waals surface area contributed by atoms with Crippen LogP contribution >= 0.6 is 0 Å². The van der Waals surface area contributed by atoms with E-state index < -0.39 is 6.09 Å². The van der Waals surface area contributed by atoms with Crippen molar-refractivity contribution in [2.45, 2.75) is 5.92 Å². The molecule has 4 rings (SSSR count). The number of ether oxygens (including phenoxy) is 1. The van der Waals surface area contributed by atoms with E-state index in [2.05, 4.69) is 24.3 Å². The molecule has 0 atom stereocenters. The number of ketones is 1. The van der Waals surface area contributed by atoms with Crippen LogP contribution in [-0.2, 0) is 9.53 Å². The summed E-state index contributed by atoms with van der Waals surface area (Å²) in [6.45, 7) is 0.658. The van der Waals surface area contributed by atoms with Crippen molar-refractivity contribution in [3.63, 3.8) is 0 Å². The Bertz CT molecular complexity index is 715. The highest BCUT2D eigenvalue weighted by Crippen LogP contribution is 2.44. The molecule has 0 saturated carbocycles. The van der Waals surface area contributed by atoms with Crippen LogP contribution < -0.4 is 0 Å². The molecule has 1 saturated heterocycles. The van der Waals surface area contributed by atoms with E-state index in [9.17, 15) is 9.59 Å². The Morgan fingerprint density at radius 3 is 2.09 bits per heavy atom. The van der Waals surface area contributed by atoms with E-state index in [1.807, 2.05) is 24.3 Å². The van der Waals surface area contributed by atoms with Crippen LogP contribution in [0.1, 0.15) is 17.0 Å². The van der Waals surface area contributed by atoms with Crippen LogP contribution in [0.4, 0.5) is 4.79 Å². The highest BCUT2D eigenvalue weighted by molar-refractivity contribution is 5.94.